The highest BCUT2D eigenvalue weighted by molar-refractivity contribution is 5.99. The number of fused-ring (bicyclic) bond motifs is 1. The van der Waals surface area contributed by atoms with Gasteiger partial charge in [-0.15, -0.1) is 0 Å². The molecule has 2 aliphatic heterocycles. The third-order valence-electron chi connectivity index (χ3n) is 5.91. The monoisotopic (exact) mass is 487 g/mol. The highest BCUT2D eigenvalue weighted by Crippen LogP contribution is 2.18. The molecule has 0 radical (unpaired) electrons. The van der Waals surface area contributed by atoms with Crippen LogP contribution in [0.25, 0.3) is 0 Å². The van der Waals surface area contributed by atoms with Crippen molar-refractivity contribution in [1.82, 2.24) is 26.2 Å². The number of hydrogen-bond donors (Lipinski definition) is 4. The number of carbonyl (C=O) groups is 5. The summed E-state index contributed by atoms with van der Waals surface area (Å²) in [6, 6.07) is 4.95. The third kappa shape index (κ3) is 7.69. The van der Waals surface area contributed by atoms with Crippen LogP contribution in [0.15, 0.2) is 24.3 Å². The molecule has 5 amide bonds. The first kappa shape index (κ1) is 26.0. The fourth-order valence-corrected chi connectivity index (χ4v) is 3.94. The van der Waals surface area contributed by atoms with Crippen LogP contribution in [0.1, 0.15) is 49.4 Å². The van der Waals surface area contributed by atoms with Gasteiger partial charge in [0.05, 0.1) is 12.2 Å². The first-order valence-electron chi connectivity index (χ1n) is 12.0. The van der Waals surface area contributed by atoms with Crippen molar-refractivity contribution in [3.8, 4) is 5.75 Å². The molecular formula is C24H33N5O6. The molecule has 1 aromatic rings. The predicted molar refractivity (Wildman–Crippen MR) is 126 cm³/mol. The topological polar surface area (TPSA) is 146 Å². The van der Waals surface area contributed by atoms with Crippen molar-refractivity contribution in [3.63, 3.8) is 0 Å². The van der Waals surface area contributed by atoms with Crippen LogP contribution in [-0.2, 0) is 19.2 Å². The zero-order valence-corrected chi connectivity index (χ0v) is 19.9. The van der Waals surface area contributed by atoms with E-state index >= 15 is 0 Å². The number of ether oxygens (including phenoxy) is 1. The van der Waals surface area contributed by atoms with Crippen molar-refractivity contribution in [2.45, 2.75) is 51.1 Å². The maximum Gasteiger partial charge on any atom is 0.255 e. The molecule has 0 saturated carbocycles. The lowest BCUT2D eigenvalue weighted by Crippen LogP contribution is -2.49. The van der Waals surface area contributed by atoms with Gasteiger partial charge in [-0.2, -0.15) is 0 Å². The van der Waals surface area contributed by atoms with Gasteiger partial charge < -0.3 is 30.9 Å². The van der Waals surface area contributed by atoms with Crippen LogP contribution in [-0.4, -0.2) is 79.3 Å². The minimum atomic E-state index is -0.993. The number of carbonyl (C=O) groups excluding carboxylic acids is 5. The zero-order valence-electron chi connectivity index (χ0n) is 19.9. The van der Waals surface area contributed by atoms with Gasteiger partial charge in [0.2, 0.25) is 23.6 Å². The molecular weight excluding hydrogens is 454 g/mol. The van der Waals surface area contributed by atoms with Crippen LogP contribution in [0.5, 0.6) is 5.75 Å². The van der Waals surface area contributed by atoms with Gasteiger partial charge in [-0.1, -0.05) is 12.1 Å². The quantitative estimate of drug-likeness (QED) is 0.459. The Bertz CT molecular complexity index is 952. The second-order valence-corrected chi connectivity index (χ2v) is 8.62. The molecule has 2 aliphatic rings. The molecule has 0 aromatic heterocycles. The minimum Gasteiger partial charge on any atom is -0.493 e. The van der Waals surface area contributed by atoms with E-state index in [0.717, 1.165) is 6.42 Å². The van der Waals surface area contributed by atoms with Crippen LogP contribution >= 0.6 is 0 Å². The Kier molecular flexibility index (Phi) is 9.45. The second-order valence-electron chi connectivity index (χ2n) is 8.62. The SMILES string of the molecule is CC1NC(=O)CC[C@@H](C(=O)NCCN2CCCC2=O)NC(=O)c2ccccc2OCCCNC1=O. The number of nitrogens with one attached hydrogen (secondary N) is 4. The van der Waals surface area contributed by atoms with Gasteiger partial charge in [-0.05, 0) is 38.3 Å². The Morgan fingerprint density at radius 1 is 1.11 bits per heavy atom. The van der Waals surface area contributed by atoms with E-state index in [2.05, 4.69) is 21.3 Å². The summed E-state index contributed by atoms with van der Waals surface area (Å²) in [5, 5.41) is 10.8. The fraction of sp³-hybridized carbons (Fsp3) is 0.542. The molecule has 190 valence electrons. The molecule has 4 N–H and O–H groups in total. The summed E-state index contributed by atoms with van der Waals surface area (Å²) in [6.07, 6.45) is 1.78. The van der Waals surface area contributed by atoms with Gasteiger partial charge >= 0.3 is 0 Å². The molecule has 1 unspecified atom stereocenters. The van der Waals surface area contributed by atoms with Crippen molar-refractivity contribution >= 4 is 29.5 Å². The minimum absolute atomic E-state index is 0.0312. The summed E-state index contributed by atoms with van der Waals surface area (Å²) in [5.74, 6) is -1.25. The Hall–Kier alpha value is -3.63. The van der Waals surface area contributed by atoms with E-state index in [1.54, 1.807) is 36.1 Å². The molecule has 1 saturated heterocycles. The second kappa shape index (κ2) is 12.7. The maximum atomic E-state index is 13.0. The molecule has 0 aliphatic carbocycles. The Morgan fingerprint density at radius 2 is 1.91 bits per heavy atom. The largest absolute Gasteiger partial charge is 0.493 e. The van der Waals surface area contributed by atoms with Gasteiger partial charge in [0.1, 0.15) is 17.8 Å². The average Bonchev–Trinajstić information content (AvgIpc) is 3.25. The van der Waals surface area contributed by atoms with Crippen molar-refractivity contribution in [2.24, 2.45) is 0 Å². The lowest BCUT2D eigenvalue weighted by atomic mass is 10.1. The van der Waals surface area contributed by atoms with Crippen LogP contribution < -0.4 is 26.0 Å². The molecule has 11 nitrogen and oxygen atoms in total. The Balaban J connectivity index is 1.71. The van der Waals surface area contributed by atoms with Crippen molar-refractivity contribution in [3.05, 3.63) is 29.8 Å². The summed E-state index contributed by atoms with van der Waals surface area (Å²) in [4.78, 5) is 64.0. The van der Waals surface area contributed by atoms with E-state index in [4.69, 9.17) is 4.74 Å². The Morgan fingerprint density at radius 3 is 2.69 bits per heavy atom. The molecule has 1 fully saturated rings. The number of amides is 5. The molecule has 2 heterocycles. The van der Waals surface area contributed by atoms with Crippen LogP contribution in [0.3, 0.4) is 0 Å². The first-order chi connectivity index (χ1) is 16.8. The number of likely N-dealkylation sites (tertiary alicyclic amines) is 1. The summed E-state index contributed by atoms with van der Waals surface area (Å²) < 4.78 is 5.75. The lowest BCUT2D eigenvalue weighted by Gasteiger charge is -2.22. The molecule has 35 heavy (non-hydrogen) atoms. The highest BCUT2D eigenvalue weighted by Gasteiger charge is 2.26. The number of nitrogens with zero attached hydrogens (tertiary/aromatic N) is 1. The van der Waals surface area contributed by atoms with Gasteiger partial charge in [0.25, 0.3) is 5.91 Å². The molecule has 11 heteroatoms. The average molecular weight is 488 g/mol. The van der Waals surface area contributed by atoms with Gasteiger partial charge in [0.15, 0.2) is 0 Å². The summed E-state index contributed by atoms with van der Waals surface area (Å²) >= 11 is 0. The maximum absolute atomic E-state index is 13.0. The van der Waals surface area contributed by atoms with Gasteiger partial charge in [-0.25, -0.2) is 0 Å². The molecule has 1 aromatic carbocycles. The summed E-state index contributed by atoms with van der Waals surface area (Å²) in [6.45, 7) is 3.49. The van der Waals surface area contributed by atoms with E-state index in [1.807, 2.05) is 0 Å². The molecule has 0 bridgehead atoms. The number of rotatable bonds is 4. The van der Waals surface area contributed by atoms with E-state index in [1.165, 1.54) is 0 Å². The molecule has 2 atom stereocenters. The fourth-order valence-electron chi connectivity index (χ4n) is 3.94. The van der Waals surface area contributed by atoms with Crippen molar-refractivity contribution < 1.29 is 28.7 Å². The van der Waals surface area contributed by atoms with Gasteiger partial charge in [-0.3, -0.25) is 24.0 Å². The van der Waals surface area contributed by atoms with Gasteiger partial charge in [0, 0.05) is 39.0 Å². The molecule has 3 rings (SSSR count). The Labute approximate surface area is 204 Å². The van der Waals surface area contributed by atoms with Crippen LogP contribution in [0.2, 0.25) is 0 Å². The van der Waals surface area contributed by atoms with Crippen LogP contribution in [0.4, 0.5) is 0 Å². The zero-order chi connectivity index (χ0) is 25.2. The first-order valence-corrected chi connectivity index (χ1v) is 12.0. The predicted octanol–water partition coefficient (Wildman–Crippen LogP) is -0.293. The van der Waals surface area contributed by atoms with E-state index in [-0.39, 0.29) is 43.4 Å². The van der Waals surface area contributed by atoms with Crippen molar-refractivity contribution in [1.29, 1.82) is 0 Å². The van der Waals surface area contributed by atoms with Crippen molar-refractivity contribution in [2.75, 3.05) is 32.8 Å². The smallest absolute Gasteiger partial charge is 0.255 e. The van der Waals surface area contributed by atoms with E-state index in [9.17, 15) is 24.0 Å². The summed E-state index contributed by atoms with van der Waals surface area (Å²) in [5.41, 5.74) is 0.266. The normalized spacial score (nSPS) is 22.4. The lowest BCUT2D eigenvalue weighted by molar-refractivity contribution is -0.129. The van der Waals surface area contributed by atoms with E-state index in [0.29, 0.717) is 38.2 Å². The highest BCUT2D eigenvalue weighted by atomic mass is 16.5. The summed E-state index contributed by atoms with van der Waals surface area (Å²) in [7, 11) is 0. The number of para-hydroxylation sites is 1. The molecule has 0 spiro atoms. The van der Waals surface area contributed by atoms with Crippen LogP contribution in [0, 0.1) is 0 Å². The number of hydrogen-bond acceptors (Lipinski definition) is 6. The van der Waals surface area contributed by atoms with E-state index < -0.39 is 29.8 Å². The number of benzene rings is 1. The standard InChI is InChI=1S/C24H33N5O6/c1-16-22(32)25-11-5-15-35-19-7-3-2-6-17(19)23(33)28-18(9-10-20(30)27-16)24(34)26-12-14-29-13-4-8-21(29)31/h2-3,6-7,16,18H,4-5,8-15H2,1H3,(H,25,32)(H,26,34)(H,27,30)(H,28,33)/t16?,18-/m0/s1. The third-order valence-corrected chi connectivity index (χ3v) is 5.91.